The number of aromatic amines is 2. The van der Waals surface area contributed by atoms with E-state index in [1.165, 1.54) is 49.1 Å². The van der Waals surface area contributed by atoms with Crippen LogP contribution in [0.2, 0.25) is 0 Å². The van der Waals surface area contributed by atoms with Crippen molar-refractivity contribution in [2.24, 2.45) is 5.73 Å². The monoisotopic (exact) mass is 1160 g/mol. The van der Waals surface area contributed by atoms with E-state index in [9.17, 15) is 37.1 Å². The van der Waals surface area contributed by atoms with Crippen molar-refractivity contribution in [2.75, 3.05) is 26.2 Å². The van der Waals surface area contributed by atoms with Gasteiger partial charge in [0.25, 0.3) is 0 Å². The van der Waals surface area contributed by atoms with Gasteiger partial charge in [-0.25, -0.2) is 41.9 Å². The molecule has 2 saturated heterocycles. The number of alkyl carbamates (subject to hydrolysis) is 1. The molecular formula is C61H62F4N14O6. The van der Waals surface area contributed by atoms with E-state index in [2.05, 4.69) is 45.2 Å². The van der Waals surface area contributed by atoms with E-state index in [4.69, 9.17) is 10.5 Å². The number of nitrogens with two attached hydrogens (primary N) is 1. The summed E-state index contributed by atoms with van der Waals surface area (Å²) < 4.78 is 67.3. The highest BCUT2D eigenvalue weighted by Gasteiger charge is 2.38. The summed E-state index contributed by atoms with van der Waals surface area (Å²) in [6.07, 6.45) is 15.1. The lowest BCUT2D eigenvalue weighted by molar-refractivity contribution is -0.132. The van der Waals surface area contributed by atoms with Crippen molar-refractivity contribution in [3.05, 3.63) is 188 Å². The number of pyridine rings is 2. The molecule has 2 aliphatic heterocycles. The van der Waals surface area contributed by atoms with E-state index in [-0.39, 0.29) is 65.7 Å². The van der Waals surface area contributed by atoms with Gasteiger partial charge in [-0.05, 0) is 118 Å². The molecule has 20 nitrogen and oxygen atoms in total. The summed E-state index contributed by atoms with van der Waals surface area (Å²) >= 11 is 0. The summed E-state index contributed by atoms with van der Waals surface area (Å²) in [6.45, 7) is 7.07. The third-order valence-corrected chi connectivity index (χ3v) is 16.2. The second-order valence-corrected chi connectivity index (χ2v) is 22.6. The van der Waals surface area contributed by atoms with Gasteiger partial charge in [0.2, 0.25) is 11.8 Å². The summed E-state index contributed by atoms with van der Waals surface area (Å²) in [5.41, 5.74) is 11.0. The number of allylic oxidation sites excluding steroid dienone is 2. The topological polar surface area (TPSA) is 258 Å². The van der Waals surface area contributed by atoms with Crippen LogP contribution in [-0.2, 0) is 14.3 Å². The maximum absolute atomic E-state index is 15.2. The normalized spacial score (nSPS) is 19.4. The molecule has 2 aliphatic carbocycles. The zero-order chi connectivity index (χ0) is 59.7. The lowest BCUT2D eigenvalue weighted by atomic mass is 9.87. The largest absolute Gasteiger partial charge is 0.444 e. The molecule has 2 aromatic carbocycles. The molecule has 440 valence electrons. The Morgan fingerprint density at radius 1 is 0.600 bits per heavy atom. The van der Waals surface area contributed by atoms with Gasteiger partial charge in [0.05, 0.1) is 58.7 Å². The molecule has 2 fully saturated rings. The molecule has 24 heteroatoms. The van der Waals surface area contributed by atoms with Crippen LogP contribution in [0.1, 0.15) is 142 Å². The van der Waals surface area contributed by atoms with Crippen LogP contribution >= 0.6 is 0 Å². The van der Waals surface area contributed by atoms with E-state index in [1.807, 2.05) is 18.2 Å². The van der Waals surface area contributed by atoms with E-state index < -0.39 is 58.9 Å². The lowest BCUT2D eigenvalue weighted by Crippen LogP contribution is -2.40. The Morgan fingerprint density at radius 2 is 1.05 bits per heavy atom. The number of ether oxygens (including phenoxy) is 1. The van der Waals surface area contributed by atoms with E-state index in [0.717, 1.165) is 23.2 Å². The minimum Gasteiger partial charge on any atom is -0.444 e. The standard InChI is InChI=1S/C33H35F2N7O4.C28H27F2N7O2/c1-33(2,3)46-32(45)39-28-22(21-6-4-7-23(34)26(21)35)10-9-19(27-29(28)37-15-14-36-27)18-25(43)41-16-11-20(12-17-41)42-24-8-5-13-38-30(24)40-31(42)44;29-20-4-1-3-18(23(20)30)19-7-6-16(25-26(24(19)31)33-12-11-32-25)15-22(38)36-13-8-17(9-14-36)37-21-5-2-10-34-27(21)35-28(37)39/h4-9,13-15,20,22,28H,10-12,16-18H2,1-3H3,(H,39,45)(H,38,40,44);1-6,10-12,17,19,24H,7-9,13-15,31H2,(H,34,35,39)/t22-,28-;19-,24-/m00/s1. The number of imidazole rings is 2. The predicted octanol–water partition coefficient (Wildman–Crippen LogP) is 8.80. The second-order valence-electron chi connectivity index (χ2n) is 22.6. The first kappa shape index (κ1) is 57.6. The van der Waals surface area contributed by atoms with Gasteiger partial charge >= 0.3 is 17.5 Å². The molecule has 0 bridgehead atoms. The number of hydrogen-bond donors (Lipinski definition) is 4. The zero-order valence-corrected chi connectivity index (χ0v) is 46.9. The predicted molar refractivity (Wildman–Crippen MR) is 306 cm³/mol. The Hall–Kier alpha value is -9.19. The van der Waals surface area contributed by atoms with Crippen molar-refractivity contribution in [1.82, 2.24) is 64.1 Å². The fourth-order valence-corrected chi connectivity index (χ4v) is 12.2. The first-order valence-electron chi connectivity index (χ1n) is 28.2. The molecule has 0 unspecified atom stereocenters. The number of likely N-dealkylation sites (tertiary alicyclic amines) is 2. The van der Waals surface area contributed by atoms with E-state index in [0.29, 0.717) is 103 Å². The van der Waals surface area contributed by atoms with Crippen molar-refractivity contribution in [3.8, 4) is 0 Å². The fraction of sp³-hybridized carbons (Fsp3) is 0.361. The quantitative estimate of drug-likeness (QED) is 0.0987. The van der Waals surface area contributed by atoms with Crippen molar-refractivity contribution in [2.45, 2.75) is 114 Å². The average molecular weight is 1160 g/mol. The minimum absolute atomic E-state index is 0.00910. The number of aromatic nitrogens is 10. The number of rotatable bonds is 9. The number of benzene rings is 2. The molecule has 4 atom stereocenters. The summed E-state index contributed by atoms with van der Waals surface area (Å²) in [5.74, 6) is -5.44. The third-order valence-electron chi connectivity index (χ3n) is 16.2. The highest BCUT2D eigenvalue weighted by atomic mass is 19.2. The second kappa shape index (κ2) is 24.2. The summed E-state index contributed by atoms with van der Waals surface area (Å²) in [7, 11) is 0. The summed E-state index contributed by atoms with van der Waals surface area (Å²) in [6, 6.07) is 13.5. The van der Waals surface area contributed by atoms with Gasteiger partial charge in [-0.2, -0.15) is 0 Å². The molecule has 8 heterocycles. The van der Waals surface area contributed by atoms with Crippen LogP contribution < -0.4 is 22.4 Å². The molecular weight excluding hydrogens is 1100 g/mol. The number of carbonyl (C=O) groups excluding carboxylic acids is 3. The first-order chi connectivity index (χ1) is 40.9. The van der Waals surface area contributed by atoms with Crippen molar-refractivity contribution < 1.29 is 36.7 Å². The number of piperidine rings is 2. The molecule has 0 saturated carbocycles. The highest BCUT2D eigenvalue weighted by molar-refractivity contribution is 5.90. The van der Waals surface area contributed by atoms with Gasteiger partial charge in [0.1, 0.15) is 5.60 Å². The molecule has 0 spiro atoms. The SMILES string of the molecule is CC(C)(C)OC(=O)N[C@@H]1c2nccnc2C(CC(=O)N2CCC(n3c(=O)[nH]c4ncccc43)CC2)=CC[C@H]1c1cccc(F)c1F.N[C@@H]1c2nccnc2C(CC(=O)N2CCC(n3c(=O)[nH]c4ncccc43)CC2)=CC[C@H]1c1cccc(F)c1F. The number of hydrogen-bond acceptors (Lipinski definition) is 13. The van der Waals surface area contributed by atoms with Crippen LogP contribution in [0.3, 0.4) is 0 Å². The molecule has 4 aliphatic rings. The molecule has 12 rings (SSSR count). The van der Waals surface area contributed by atoms with Gasteiger partial charge in [0, 0.05) is 87.3 Å². The fourth-order valence-electron chi connectivity index (χ4n) is 12.2. The Bertz CT molecular complexity index is 4020. The number of nitrogens with one attached hydrogen (secondary N) is 3. The summed E-state index contributed by atoms with van der Waals surface area (Å²) in [4.78, 5) is 101. The number of H-pyrrole nitrogens is 2. The van der Waals surface area contributed by atoms with Crippen LogP contribution in [0.5, 0.6) is 0 Å². The minimum atomic E-state index is -1.02. The van der Waals surface area contributed by atoms with Gasteiger partial charge in [-0.15, -0.1) is 0 Å². The van der Waals surface area contributed by atoms with Crippen LogP contribution in [0.4, 0.5) is 22.4 Å². The number of halogens is 4. The Labute approximate surface area is 484 Å². The number of fused-ring (bicyclic) bond motifs is 4. The average Bonchev–Trinajstić information content (AvgIpc) is 3.05. The van der Waals surface area contributed by atoms with Gasteiger partial charge < -0.3 is 25.6 Å². The Kier molecular flexibility index (Phi) is 16.4. The first-order valence-corrected chi connectivity index (χ1v) is 28.2. The molecule has 8 aromatic rings. The Morgan fingerprint density at radius 3 is 1.54 bits per heavy atom. The number of carbonyl (C=O) groups is 3. The smallest absolute Gasteiger partial charge is 0.408 e. The number of amides is 3. The van der Waals surface area contributed by atoms with E-state index >= 15 is 4.39 Å². The van der Waals surface area contributed by atoms with Gasteiger partial charge in [-0.1, -0.05) is 36.4 Å². The van der Waals surface area contributed by atoms with Crippen molar-refractivity contribution in [1.29, 1.82) is 0 Å². The maximum Gasteiger partial charge on any atom is 0.408 e. The van der Waals surface area contributed by atoms with Crippen molar-refractivity contribution >= 4 is 51.4 Å². The van der Waals surface area contributed by atoms with Crippen LogP contribution in [0.25, 0.3) is 33.5 Å². The lowest BCUT2D eigenvalue weighted by Gasteiger charge is -2.32. The molecule has 3 amide bonds. The van der Waals surface area contributed by atoms with Crippen LogP contribution in [-0.4, -0.2) is 108 Å². The molecule has 6 aromatic heterocycles. The van der Waals surface area contributed by atoms with Crippen LogP contribution in [0, 0.1) is 23.3 Å². The Balaban J connectivity index is 0.000000179. The van der Waals surface area contributed by atoms with E-state index in [1.54, 1.807) is 70.3 Å². The third kappa shape index (κ3) is 12.0. The molecule has 5 N–H and O–H groups in total. The molecule has 85 heavy (non-hydrogen) atoms. The van der Waals surface area contributed by atoms with Crippen molar-refractivity contribution in [3.63, 3.8) is 0 Å². The zero-order valence-electron chi connectivity index (χ0n) is 46.9. The number of nitrogens with zero attached hydrogens (tertiary/aromatic N) is 10. The van der Waals surface area contributed by atoms with Crippen LogP contribution in [0.15, 0.2) is 120 Å². The molecule has 0 radical (unpaired) electrons. The maximum atomic E-state index is 15.2. The van der Waals surface area contributed by atoms with Gasteiger partial charge in [-0.3, -0.25) is 48.6 Å². The van der Waals surface area contributed by atoms with Gasteiger partial charge in [0.15, 0.2) is 34.6 Å². The summed E-state index contributed by atoms with van der Waals surface area (Å²) in [5, 5.41) is 2.82. The highest BCUT2D eigenvalue weighted by Crippen LogP contribution is 2.43.